The summed E-state index contributed by atoms with van der Waals surface area (Å²) in [5.41, 5.74) is 4.38. The van der Waals surface area contributed by atoms with Crippen LogP contribution in [0.3, 0.4) is 0 Å². The predicted octanol–water partition coefficient (Wildman–Crippen LogP) is 6.19. The Bertz CT molecular complexity index is 1100. The van der Waals surface area contributed by atoms with Crippen LogP contribution in [0.5, 0.6) is 0 Å². The lowest BCUT2D eigenvalue weighted by molar-refractivity contribution is 1.14. The largest absolute Gasteiger partial charge is 0.377 e. The third-order valence-corrected chi connectivity index (χ3v) is 6.27. The van der Waals surface area contributed by atoms with Crippen molar-refractivity contribution in [1.29, 1.82) is 0 Å². The van der Waals surface area contributed by atoms with Crippen molar-refractivity contribution in [3.05, 3.63) is 66.0 Å². The van der Waals surface area contributed by atoms with Crippen LogP contribution >= 0.6 is 23.3 Å². The molecule has 0 unspecified atom stereocenters. The third kappa shape index (κ3) is 3.79. The van der Waals surface area contributed by atoms with E-state index in [2.05, 4.69) is 100 Å². The lowest BCUT2D eigenvalue weighted by Gasteiger charge is -2.17. The van der Waals surface area contributed by atoms with Crippen molar-refractivity contribution >= 4 is 50.6 Å². The van der Waals surface area contributed by atoms with E-state index in [1.165, 1.54) is 21.4 Å². The zero-order valence-corrected chi connectivity index (χ0v) is 17.7. The first-order valence-electron chi connectivity index (χ1n) is 9.01. The molecular weight excluding hydrogens is 384 g/mol. The molecule has 1 aromatic heterocycles. The second kappa shape index (κ2) is 8.12. The van der Waals surface area contributed by atoms with Gasteiger partial charge in [-0.05, 0) is 41.6 Å². The fraction of sp³-hybridized carbons (Fsp3) is 0.136. The van der Waals surface area contributed by atoms with E-state index >= 15 is 0 Å². The van der Waals surface area contributed by atoms with Gasteiger partial charge in [0.15, 0.2) is 5.13 Å². The highest BCUT2D eigenvalue weighted by Gasteiger charge is 2.08. The second-order valence-corrected chi connectivity index (χ2v) is 8.30. The predicted molar refractivity (Wildman–Crippen MR) is 125 cm³/mol. The molecule has 0 saturated carbocycles. The number of thiazole rings is 1. The maximum Gasteiger partial charge on any atom is 0.182 e. The van der Waals surface area contributed by atoms with Gasteiger partial charge in [-0.15, -0.1) is 11.3 Å². The first kappa shape index (κ1) is 18.7. The summed E-state index contributed by atoms with van der Waals surface area (Å²) in [4.78, 5) is 7.95. The standard InChI is InChI=1S/C22H22N4S2/c1-23-22-24-19(14-27-22)15-7-4-8-16(13-15)25-28-21-12-6-9-17-18(21)10-5-11-20(17)26(2)3/h4-14,25H,1-3H3,(H,23,24). The molecule has 0 saturated heterocycles. The molecule has 3 aromatic carbocycles. The van der Waals surface area contributed by atoms with Crippen molar-refractivity contribution in [1.82, 2.24) is 4.98 Å². The topological polar surface area (TPSA) is 40.2 Å². The Labute approximate surface area is 173 Å². The molecule has 6 heteroatoms. The summed E-state index contributed by atoms with van der Waals surface area (Å²) in [5, 5.41) is 8.60. The summed E-state index contributed by atoms with van der Waals surface area (Å²) in [5.74, 6) is 0. The molecule has 0 aliphatic rings. The molecule has 0 spiro atoms. The molecule has 4 aromatic rings. The third-order valence-electron chi connectivity index (χ3n) is 4.50. The SMILES string of the molecule is CNc1nc(-c2cccc(NSc3cccc4c(N(C)C)cccc34)c2)cs1. The Morgan fingerprint density at radius 2 is 1.75 bits per heavy atom. The highest BCUT2D eigenvalue weighted by molar-refractivity contribution is 8.00. The van der Waals surface area contributed by atoms with Crippen LogP contribution in [0.4, 0.5) is 16.5 Å². The molecular formula is C22H22N4S2. The van der Waals surface area contributed by atoms with E-state index in [9.17, 15) is 0 Å². The number of benzene rings is 3. The van der Waals surface area contributed by atoms with Gasteiger partial charge < -0.3 is 14.9 Å². The average Bonchev–Trinajstić information content (AvgIpc) is 3.21. The van der Waals surface area contributed by atoms with Gasteiger partial charge in [0.2, 0.25) is 0 Å². The number of hydrogen-bond donors (Lipinski definition) is 2. The molecule has 4 nitrogen and oxygen atoms in total. The molecule has 142 valence electrons. The van der Waals surface area contributed by atoms with Gasteiger partial charge in [0.05, 0.1) is 5.69 Å². The summed E-state index contributed by atoms with van der Waals surface area (Å²) >= 11 is 3.25. The van der Waals surface area contributed by atoms with E-state index in [0.717, 1.165) is 22.1 Å². The molecule has 0 radical (unpaired) electrons. The minimum absolute atomic E-state index is 0.926. The van der Waals surface area contributed by atoms with Crippen LogP contribution in [0, 0.1) is 0 Å². The Hall–Kier alpha value is -2.70. The van der Waals surface area contributed by atoms with Crippen molar-refractivity contribution < 1.29 is 0 Å². The number of nitrogens with zero attached hydrogens (tertiary/aromatic N) is 2. The molecule has 4 rings (SSSR count). The van der Waals surface area contributed by atoms with Crippen LogP contribution in [-0.2, 0) is 0 Å². The molecule has 0 atom stereocenters. The zero-order chi connectivity index (χ0) is 19.5. The number of hydrogen-bond acceptors (Lipinski definition) is 6. The molecule has 0 aliphatic heterocycles. The van der Waals surface area contributed by atoms with Crippen molar-refractivity contribution in [2.24, 2.45) is 0 Å². The average molecular weight is 407 g/mol. The van der Waals surface area contributed by atoms with Crippen molar-refractivity contribution in [2.45, 2.75) is 4.90 Å². The fourth-order valence-electron chi connectivity index (χ4n) is 3.12. The Morgan fingerprint density at radius 3 is 2.54 bits per heavy atom. The quantitative estimate of drug-likeness (QED) is 0.374. The maximum atomic E-state index is 4.59. The van der Waals surface area contributed by atoms with Gasteiger partial charge in [-0.25, -0.2) is 4.98 Å². The Balaban J connectivity index is 1.58. The van der Waals surface area contributed by atoms with Crippen molar-refractivity contribution in [3.63, 3.8) is 0 Å². The van der Waals surface area contributed by atoms with Crippen LogP contribution < -0.4 is 14.9 Å². The molecule has 0 bridgehead atoms. The molecule has 0 fully saturated rings. The van der Waals surface area contributed by atoms with E-state index in [0.29, 0.717) is 0 Å². The Kier molecular flexibility index (Phi) is 5.41. The summed E-state index contributed by atoms with van der Waals surface area (Å²) in [6.07, 6.45) is 0. The van der Waals surface area contributed by atoms with Gasteiger partial charge in [0.25, 0.3) is 0 Å². The van der Waals surface area contributed by atoms with Gasteiger partial charge in [-0.2, -0.15) is 0 Å². The van der Waals surface area contributed by atoms with Crippen molar-refractivity contribution in [2.75, 3.05) is 36.1 Å². The van der Waals surface area contributed by atoms with Crippen LogP contribution in [0.25, 0.3) is 22.0 Å². The highest BCUT2D eigenvalue weighted by atomic mass is 32.2. The van der Waals surface area contributed by atoms with E-state index in [1.54, 1.807) is 23.3 Å². The van der Waals surface area contributed by atoms with Crippen LogP contribution in [0.15, 0.2) is 70.9 Å². The first-order valence-corrected chi connectivity index (χ1v) is 10.7. The number of aromatic nitrogens is 1. The number of fused-ring (bicyclic) bond motifs is 1. The first-order chi connectivity index (χ1) is 13.7. The van der Waals surface area contributed by atoms with Gasteiger partial charge in [0, 0.05) is 53.7 Å². The lowest BCUT2D eigenvalue weighted by atomic mass is 10.1. The number of rotatable bonds is 6. The number of nitrogens with one attached hydrogen (secondary N) is 2. The van der Waals surface area contributed by atoms with Gasteiger partial charge in [0.1, 0.15) is 0 Å². The van der Waals surface area contributed by atoms with Crippen molar-refractivity contribution in [3.8, 4) is 11.3 Å². The van der Waals surface area contributed by atoms with E-state index in [4.69, 9.17) is 0 Å². The van der Waals surface area contributed by atoms with E-state index in [1.807, 2.05) is 7.05 Å². The molecule has 0 amide bonds. The zero-order valence-electron chi connectivity index (χ0n) is 16.1. The maximum absolute atomic E-state index is 4.59. The summed E-state index contributed by atoms with van der Waals surface area (Å²) in [6, 6.07) is 21.3. The lowest BCUT2D eigenvalue weighted by Crippen LogP contribution is -2.08. The summed E-state index contributed by atoms with van der Waals surface area (Å²) in [7, 11) is 6.05. The minimum atomic E-state index is 0.926. The fourth-order valence-corrected chi connectivity index (χ4v) is 4.59. The van der Waals surface area contributed by atoms with E-state index in [-0.39, 0.29) is 0 Å². The molecule has 1 heterocycles. The summed E-state index contributed by atoms with van der Waals surface area (Å²) < 4.78 is 3.50. The van der Waals surface area contributed by atoms with Crippen LogP contribution in [0.2, 0.25) is 0 Å². The molecule has 2 N–H and O–H groups in total. The van der Waals surface area contributed by atoms with Gasteiger partial charge in [-0.1, -0.05) is 36.4 Å². The minimum Gasteiger partial charge on any atom is -0.377 e. The normalized spacial score (nSPS) is 10.8. The monoisotopic (exact) mass is 406 g/mol. The van der Waals surface area contributed by atoms with Crippen LogP contribution in [-0.4, -0.2) is 26.1 Å². The smallest absolute Gasteiger partial charge is 0.182 e. The Morgan fingerprint density at radius 1 is 0.964 bits per heavy atom. The number of anilines is 3. The van der Waals surface area contributed by atoms with Crippen LogP contribution in [0.1, 0.15) is 0 Å². The van der Waals surface area contributed by atoms with Gasteiger partial charge >= 0.3 is 0 Å². The highest BCUT2D eigenvalue weighted by Crippen LogP contribution is 2.34. The second-order valence-electron chi connectivity index (χ2n) is 6.60. The molecule has 0 aliphatic carbocycles. The van der Waals surface area contributed by atoms with E-state index < -0.39 is 0 Å². The van der Waals surface area contributed by atoms with Gasteiger partial charge in [-0.3, -0.25) is 0 Å². The molecule has 28 heavy (non-hydrogen) atoms. The summed E-state index contributed by atoms with van der Waals surface area (Å²) in [6.45, 7) is 0.